The third kappa shape index (κ3) is 4.82. The second-order valence-corrected chi connectivity index (χ2v) is 5.83. The molecule has 0 bridgehead atoms. The van der Waals surface area contributed by atoms with E-state index in [-0.39, 0.29) is 23.3 Å². The molecule has 1 rings (SSSR count). The number of halogens is 1. The van der Waals surface area contributed by atoms with E-state index in [9.17, 15) is 8.42 Å². The van der Waals surface area contributed by atoms with Gasteiger partial charge in [0.15, 0.2) is 11.5 Å². The molecule has 0 heterocycles. The maximum atomic E-state index is 12.1. The second-order valence-electron chi connectivity index (χ2n) is 4.06. The zero-order chi connectivity index (χ0) is 14.5. The summed E-state index contributed by atoms with van der Waals surface area (Å²) in [7, 11) is 1.19. The summed E-state index contributed by atoms with van der Waals surface area (Å²) in [5.74, 6) is 0.872. The van der Waals surface area contributed by atoms with Crippen molar-refractivity contribution in [3.05, 3.63) is 18.2 Å². The van der Waals surface area contributed by atoms with E-state index < -0.39 is 10.0 Å². The zero-order valence-electron chi connectivity index (χ0n) is 12.0. The van der Waals surface area contributed by atoms with Crippen molar-refractivity contribution in [1.82, 2.24) is 10.0 Å². The fourth-order valence-electron chi connectivity index (χ4n) is 1.40. The molecule has 1 aromatic rings. The summed E-state index contributed by atoms with van der Waals surface area (Å²) in [6.07, 6.45) is 0. The van der Waals surface area contributed by atoms with E-state index in [0.717, 1.165) is 0 Å². The predicted octanol–water partition coefficient (Wildman–Crippen LogP) is 1.01. The van der Waals surface area contributed by atoms with Crippen LogP contribution in [0.25, 0.3) is 0 Å². The van der Waals surface area contributed by atoms with Crippen LogP contribution in [-0.2, 0) is 10.0 Å². The van der Waals surface area contributed by atoms with Crippen molar-refractivity contribution in [2.24, 2.45) is 0 Å². The molecule has 20 heavy (non-hydrogen) atoms. The number of methoxy groups -OCH3 is 2. The molecule has 1 unspecified atom stereocenters. The van der Waals surface area contributed by atoms with Crippen molar-refractivity contribution in [2.45, 2.75) is 17.9 Å². The lowest BCUT2D eigenvalue weighted by atomic mass is 10.3. The van der Waals surface area contributed by atoms with Crippen molar-refractivity contribution < 1.29 is 17.9 Å². The highest BCUT2D eigenvalue weighted by Gasteiger charge is 2.17. The van der Waals surface area contributed by atoms with Crippen molar-refractivity contribution in [3.8, 4) is 11.5 Å². The number of nitrogens with one attached hydrogen (secondary N) is 2. The summed E-state index contributed by atoms with van der Waals surface area (Å²) in [6.45, 7) is 2.20. The second kappa shape index (κ2) is 8.31. The number of ether oxygens (including phenoxy) is 2. The Kier molecular flexibility index (Phi) is 7.88. The molecule has 8 heteroatoms. The molecule has 0 amide bonds. The van der Waals surface area contributed by atoms with Gasteiger partial charge in [0.25, 0.3) is 0 Å². The molecule has 116 valence electrons. The van der Waals surface area contributed by atoms with Gasteiger partial charge in [-0.3, -0.25) is 0 Å². The van der Waals surface area contributed by atoms with E-state index in [1.54, 1.807) is 13.1 Å². The Bertz CT molecular complexity index is 522. The van der Waals surface area contributed by atoms with Crippen molar-refractivity contribution in [3.63, 3.8) is 0 Å². The number of sulfonamides is 1. The first-order valence-corrected chi connectivity index (χ1v) is 7.32. The Balaban J connectivity index is 0.00000361. The van der Waals surface area contributed by atoms with Crippen LogP contribution in [0.3, 0.4) is 0 Å². The summed E-state index contributed by atoms with van der Waals surface area (Å²) < 4.78 is 36.9. The summed E-state index contributed by atoms with van der Waals surface area (Å²) in [4.78, 5) is 0.147. The highest BCUT2D eigenvalue weighted by molar-refractivity contribution is 7.89. The van der Waals surface area contributed by atoms with Crippen molar-refractivity contribution in [2.75, 3.05) is 27.8 Å². The molecule has 0 aliphatic carbocycles. The summed E-state index contributed by atoms with van der Waals surface area (Å²) in [5, 5.41) is 2.96. The van der Waals surface area contributed by atoms with Crippen LogP contribution < -0.4 is 19.5 Å². The van der Waals surface area contributed by atoms with Crippen LogP contribution in [0, 0.1) is 0 Å². The van der Waals surface area contributed by atoms with Gasteiger partial charge in [0.05, 0.1) is 19.1 Å². The molecule has 0 aliphatic heterocycles. The predicted molar refractivity (Wildman–Crippen MR) is 80.5 cm³/mol. The van der Waals surface area contributed by atoms with E-state index in [1.807, 2.05) is 6.92 Å². The van der Waals surface area contributed by atoms with Crippen LogP contribution in [0.5, 0.6) is 11.5 Å². The zero-order valence-corrected chi connectivity index (χ0v) is 13.6. The fourth-order valence-corrected chi connectivity index (χ4v) is 2.55. The van der Waals surface area contributed by atoms with Crippen LogP contribution in [0.4, 0.5) is 0 Å². The van der Waals surface area contributed by atoms with Gasteiger partial charge >= 0.3 is 0 Å². The molecule has 6 nitrogen and oxygen atoms in total. The molecule has 0 spiro atoms. The first-order valence-electron chi connectivity index (χ1n) is 5.83. The summed E-state index contributed by atoms with van der Waals surface area (Å²) >= 11 is 0. The molecule has 0 aliphatic rings. The van der Waals surface area contributed by atoms with E-state index in [0.29, 0.717) is 18.0 Å². The minimum Gasteiger partial charge on any atom is -0.493 e. The molecular formula is C12H21ClN2O4S. The lowest BCUT2D eigenvalue weighted by Crippen LogP contribution is -2.37. The van der Waals surface area contributed by atoms with Crippen LogP contribution in [0.15, 0.2) is 23.1 Å². The lowest BCUT2D eigenvalue weighted by Gasteiger charge is -2.13. The van der Waals surface area contributed by atoms with Crippen LogP contribution >= 0.6 is 12.4 Å². The topological polar surface area (TPSA) is 76.7 Å². The number of benzene rings is 1. The molecule has 1 aromatic carbocycles. The summed E-state index contributed by atoms with van der Waals surface area (Å²) in [6, 6.07) is 4.53. The number of hydrogen-bond acceptors (Lipinski definition) is 5. The Morgan fingerprint density at radius 1 is 1.20 bits per heavy atom. The smallest absolute Gasteiger partial charge is 0.240 e. The molecular weight excluding hydrogens is 304 g/mol. The highest BCUT2D eigenvalue weighted by Crippen LogP contribution is 2.29. The monoisotopic (exact) mass is 324 g/mol. The number of hydrogen-bond donors (Lipinski definition) is 2. The van der Waals surface area contributed by atoms with E-state index >= 15 is 0 Å². The standard InChI is InChI=1S/C12H20N2O4S.ClH/c1-9(13-2)8-14-19(15,16)10-5-6-11(17-3)12(7-10)18-4;/h5-7,9,13-14H,8H2,1-4H3;1H. The average molecular weight is 325 g/mol. The normalized spacial score (nSPS) is 12.4. The average Bonchev–Trinajstić information content (AvgIpc) is 2.43. The minimum absolute atomic E-state index is 0. The van der Waals surface area contributed by atoms with Gasteiger partial charge in [-0.2, -0.15) is 0 Å². The van der Waals surface area contributed by atoms with Gasteiger partial charge in [-0.25, -0.2) is 13.1 Å². The Hall–Kier alpha value is -1.02. The third-order valence-corrected chi connectivity index (χ3v) is 4.16. The van der Waals surface area contributed by atoms with Crippen LogP contribution in [0.2, 0.25) is 0 Å². The van der Waals surface area contributed by atoms with E-state index in [1.165, 1.54) is 26.4 Å². The molecule has 1 atom stereocenters. The van der Waals surface area contributed by atoms with Crippen LogP contribution in [-0.4, -0.2) is 42.3 Å². The van der Waals surface area contributed by atoms with Crippen molar-refractivity contribution >= 4 is 22.4 Å². The maximum absolute atomic E-state index is 12.1. The van der Waals surface area contributed by atoms with Gasteiger partial charge in [0.1, 0.15) is 0 Å². The van der Waals surface area contributed by atoms with E-state index in [2.05, 4.69) is 10.0 Å². The van der Waals surface area contributed by atoms with Crippen LogP contribution in [0.1, 0.15) is 6.92 Å². The fraction of sp³-hybridized carbons (Fsp3) is 0.500. The Morgan fingerprint density at radius 2 is 1.80 bits per heavy atom. The molecule has 0 saturated carbocycles. The summed E-state index contributed by atoms with van der Waals surface area (Å²) in [5.41, 5.74) is 0. The first-order chi connectivity index (χ1) is 8.94. The highest BCUT2D eigenvalue weighted by atomic mass is 35.5. The molecule has 2 N–H and O–H groups in total. The number of rotatable bonds is 7. The van der Waals surface area contributed by atoms with Gasteiger partial charge in [0.2, 0.25) is 10.0 Å². The third-order valence-electron chi connectivity index (χ3n) is 2.74. The minimum atomic E-state index is -3.55. The van der Waals surface area contributed by atoms with Gasteiger partial charge in [0, 0.05) is 18.7 Å². The number of likely N-dealkylation sites (N-methyl/N-ethyl adjacent to an activating group) is 1. The Labute approximate surface area is 126 Å². The molecule has 0 saturated heterocycles. The van der Waals surface area contributed by atoms with Crippen molar-refractivity contribution in [1.29, 1.82) is 0 Å². The molecule has 0 aromatic heterocycles. The maximum Gasteiger partial charge on any atom is 0.240 e. The first kappa shape index (κ1) is 19.0. The van der Waals surface area contributed by atoms with Gasteiger partial charge < -0.3 is 14.8 Å². The molecule has 0 fully saturated rings. The van der Waals surface area contributed by atoms with Gasteiger partial charge in [-0.15, -0.1) is 12.4 Å². The van der Waals surface area contributed by atoms with Gasteiger partial charge in [-0.1, -0.05) is 0 Å². The van der Waals surface area contributed by atoms with E-state index in [4.69, 9.17) is 9.47 Å². The SMILES string of the molecule is CNC(C)CNS(=O)(=O)c1ccc(OC)c(OC)c1.Cl. The largest absolute Gasteiger partial charge is 0.493 e. The van der Waals surface area contributed by atoms with Gasteiger partial charge in [-0.05, 0) is 26.1 Å². The lowest BCUT2D eigenvalue weighted by molar-refractivity contribution is 0.354. The molecule has 0 radical (unpaired) electrons. The Morgan fingerprint density at radius 3 is 2.30 bits per heavy atom. The quantitative estimate of drug-likeness (QED) is 0.783.